The highest BCUT2D eigenvalue weighted by Gasteiger charge is 2.16. The number of aryl methyl sites for hydroxylation is 1. The molecular formula is C16H16F2N2O. The number of nitrogens with one attached hydrogen (secondary N) is 1. The van der Waals surface area contributed by atoms with Gasteiger partial charge in [0.2, 0.25) is 0 Å². The number of anilines is 1. The predicted molar refractivity (Wildman–Crippen MR) is 77.8 cm³/mol. The number of carbonyl (C=O) groups excluding carboxylic acids is 1. The smallest absolute Gasteiger partial charge is 0.254 e. The third-order valence-electron chi connectivity index (χ3n) is 3.28. The van der Waals surface area contributed by atoms with E-state index in [0.717, 1.165) is 6.07 Å². The quantitative estimate of drug-likeness (QED) is 0.852. The van der Waals surface area contributed by atoms with Crippen molar-refractivity contribution in [1.29, 1.82) is 0 Å². The summed E-state index contributed by atoms with van der Waals surface area (Å²) in [4.78, 5) is 12.1. The first-order valence-electron chi connectivity index (χ1n) is 6.50. The Morgan fingerprint density at radius 1 is 1.14 bits per heavy atom. The summed E-state index contributed by atoms with van der Waals surface area (Å²) in [7, 11) is 0. The van der Waals surface area contributed by atoms with E-state index in [0.29, 0.717) is 16.8 Å². The van der Waals surface area contributed by atoms with Crippen molar-refractivity contribution in [2.24, 2.45) is 0 Å². The van der Waals surface area contributed by atoms with Crippen molar-refractivity contribution >= 4 is 11.6 Å². The number of halogens is 2. The fourth-order valence-corrected chi connectivity index (χ4v) is 1.95. The molecule has 0 aliphatic rings. The molecule has 1 amide bonds. The third kappa shape index (κ3) is 3.37. The molecule has 0 aromatic heterocycles. The second-order valence-corrected chi connectivity index (χ2v) is 4.94. The van der Waals surface area contributed by atoms with Gasteiger partial charge in [0, 0.05) is 5.69 Å². The fraction of sp³-hybridized carbons (Fsp3) is 0.188. The van der Waals surface area contributed by atoms with Crippen molar-refractivity contribution in [1.82, 2.24) is 5.32 Å². The van der Waals surface area contributed by atoms with Gasteiger partial charge in [-0.15, -0.1) is 0 Å². The standard InChI is InChI=1S/C16H16F2N2O/c1-9-3-4-11(7-15(9)18)10(2)20-16(21)13-8-12(19)5-6-14(13)17/h3-8,10H,19H2,1-2H3,(H,20,21). The van der Waals surface area contributed by atoms with Crippen molar-refractivity contribution in [2.75, 3.05) is 5.73 Å². The lowest BCUT2D eigenvalue weighted by molar-refractivity contribution is 0.0936. The molecule has 0 aliphatic carbocycles. The zero-order valence-electron chi connectivity index (χ0n) is 11.8. The minimum absolute atomic E-state index is 0.130. The Hall–Kier alpha value is -2.43. The minimum Gasteiger partial charge on any atom is -0.399 e. The number of carbonyl (C=O) groups is 1. The Bertz CT molecular complexity index is 686. The average molecular weight is 290 g/mol. The monoisotopic (exact) mass is 290 g/mol. The summed E-state index contributed by atoms with van der Waals surface area (Å²) in [5.74, 6) is -1.58. The summed E-state index contributed by atoms with van der Waals surface area (Å²) in [6.45, 7) is 3.36. The molecule has 0 fully saturated rings. The van der Waals surface area contributed by atoms with Crippen molar-refractivity contribution in [3.8, 4) is 0 Å². The van der Waals surface area contributed by atoms with Gasteiger partial charge in [0.05, 0.1) is 11.6 Å². The first-order chi connectivity index (χ1) is 9.88. The molecule has 21 heavy (non-hydrogen) atoms. The van der Waals surface area contributed by atoms with Gasteiger partial charge in [-0.1, -0.05) is 12.1 Å². The van der Waals surface area contributed by atoms with Gasteiger partial charge in [0.25, 0.3) is 5.91 Å². The highest BCUT2D eigenvalue weighted by atomic mass is 19.1. The highest BCUT2D eigenvalue weighted by Crippen LogP contribution is 2.18. The van der Waals surface area contributed by atoms with Crippen LogP contribution in [0.15, 0.2) is 36.4 Å². The lowest BCUT2D eigenvalue weighted by Gasteiger charge is -2.15. The lowest BCUT2D eigenvalue weighted by Crippen LogP contribution is -2.27. The van der Waals surface area contributed by atoms with Crippen LogP contribution in [0.4, 0.5) is 14.5 Å². The number of nitrogens with two attached hydrogens (primary N) is 1. The molecule has 2 aromatic rings. The maximum atomic E-state index is 13.6. The molecule has 2 aromatic carbocycles. The van der Waals surface area contributed by atoms with Crippen LogP contribution in [0.3, 0.4) is 0 Å². The number of amides is 1. The normalized spacial score (nSPS) is 12.0. The lowest BCUT2D eigenvalue weighted by atomic mass is 10.1. The van der Waals surface area contributed by atoms with Crippen molar-refractivity contribution in [3.05, 3.63) is 64.7 Å². The molecule has 0 heterocycles. The van der Waals surface area contributed by atoms with Gasteiger partial charge < -0.3 is 11.1 Å². The molecule has 5 heteroatoms. The first-order valence-corrected chi connectivity index (χ1v) is 6.50. The summed E-state index contributed by atoms with van der Waals surface area (Å²) in [5.41, 5.74) is 6.85. The van der Waals surface area contributed by atoms with E-state index < -0.39 is 17.8 Å². The second kappa shape index (κ2) is 5.91. The van der Waals surface area contributed by atoms with Gasteiger partial charge in [-0.25, -0.2) is 8.78 Å². The van der Waals surface area contributed by atoms with Gasteiger partial charge in [-0.3, -0.25) is 4.79 Å². The van der Waals surface area contributed by atoms with Crippen molar-refractivity contribution < 1.29 is 13.6 Å². The van der Waals surface area contributed by atoms with E-state index in [4.69, 9.17) is 5.73 Å². The highest BCUT2D eigenvalue weighted by molar-refractivity contribution is 5.95. The number of benzene rings is 2. The molecule has 0 spiro atoms. The van der Waals surface area contributed by atoms with Gasteiger partial charge in [-0.2, -0.15) is 0 Å². The van der Waals surface area contributed by atoms with Gasteiger partial charge in [0.15, 0.2) is 0 Å². The maximum Gasteiger partial charge on any atom is 0.254 e. The molecule has 0 saturated carbocycles. The van der Waals surface area contributed by atoms with E-state index in [1.807, 2.05) is 0 Å². The van der Waals surface area contributed by atoms with Crippen LogP contribution in [0.25, 0.3) is 0 Å². The van der Waals surface area contributed by atoms with Crippen LogP contribution in [0.1, 0.15) is 34.5 Å². The van der Waals surface area contributed by atoms with E-state index in [1.165, 1.54) is 18.2 Å². The van der Waals surface area contributed by atoms with E-state index in [1.54, 1.807) is 26.0 Å². The predicted octanol–water partition coefficient (Wildman–Crippen LogP) is 3.35. The third-order valence-corrected chi connectivity index (χ3v) is 3.28. The zero-order chi connectivity index (χ0) is 15.6. The summed E-state index contributed by atoms with van der Waals surface area (Å²) in [5, 5.41) is 2.63. The fourth-order valence-electron chi connectivity index (χ4n) is 1.95. The molecule has 0 saturated heterocycles. The van der Waals surface area contributed by atoms with Gasteiger partial charge in [0.1, 0.15) is 11.6 Å². The van der Waals surface area contributed by atoms with Crippen LogP contribution < -0.4 is 11.1 Å². The summed E-state index contributed by atoms with van der Waals surface area (Å²) in [6, 6.07) is 8.05. The summed E-state index contributed by atoms with van der Waals surface area (Å²) < 4.78 is 27.1. The molecule has 2 rings (SSSR count). The van der Waals surface area contributed by atoms with Crippen LogP contribution in [0, 0.1) is 18.6 Å². The SMILES string of the molecule is Cc1ccc(C(C)NC(=O)c2cc(N)ccc2F)cc1F. The van der Waals surface area contributed by atoms with Crippen LogP contribution in [0.2, 0.25) is 0 Å². The Balaban J connectivity index is 2.18. The molecule has 0 radical (unpaired) electrons. The van der Waals surface area contributed by atoms with E-state index in [9.17, 15) is 13.6 Å². The van der Waals surface area contributed by atoms with E-state index in [-0.39, 0.29) is 11.4 Å². The Kier molecular flexibility index (Phi) is 4.21. The molecule has 3 nitrogen and oxygen atoms in total. The molecular weight excluding hydrogens is 274 g/mol. The second-order valence-electron chi connectivity index (χ2n) is 4.94. The summed E-state index contributed by atoms with van der Waals surface area (Å²) in [6.07, 6.45) is 0. The van der Waals surface area contributed by atoms with Crippen molar-refractivity contribution in [3.63, 3.8) is 0 Å². The number of hydrogen-bond donors (Lipinski definition) is 2. The number of rotatable bonds is 3. The first kappa shape index (κ1) is 15.0. The molecule has 0 bridgehead atoms. The molecule has 0 aliphatic heterocycles. The van der Waals surface area contributed by atoms with Crippen LogP contribution >= 0.6 is 0 Å². The minimum atomic E-state index is -0.649. The van der Waals surface area contributed by atoms with E-state index in [2.05, 4.69) is 5.32 Å². The number of hydrogen-bond acceptors (Lipinski definition) is 2. The van der Waals surface area contributed by atoms with Crippen LogP contribution in [-0.4, -0.2) is 5.91 Å². The van der Waals surface area contributed by atoms with Gasteiger partial charge in [-0.05, 0) is 49.2 Å². The molecule has 1 unspecified atom stereocenters. The van der Waals surface area contributed by atoms with Crippen molar-refractivity contribution in [2.45, 2.75) is 19.9 Å². The Morgan fingerprint density at radius 2 is 1.86 bits per heavy atom. The zero-order valence-corrected chi connectivity index (χ0v) is 11.8. The van der Waals surface area contributed by atoms with Gasteiger partial charge >= 0.3 is 0 Å². The Morgan fingerprint density at radius 3 is 2.52 bits per heavy atom. The van der Waals surface area contributed by atoms with Crippen LogP contribution in [0.5, 0.6) is 0 Å². The molecule has 3 N–H and O–H groups in total. The molecule has 110 valence electrons. The Labute approximate surface area is 121 Å². The maximum absolute atomic E-state index is 13.6. The van der Waals surface area contributed by atoms with E-state index >= 15 is 0 Å². The topological polar surface area (TPSA) is 55.1 Å². The summed E-state index contributed by atoms with van der Waals surface area (Å²) >= 11 is 0. The average Bonchev–Trinajstić information content (AvgIpc) is 2.44. The van der Waals surface area contributed by atoms with Crippen LogP contribution in [-0.2, 0) is 0 Å². The molecule has 1 atom stereocenters. The largest absolute Gasteiger partial charge is 0.399 e. The number of nitrogen functional groups attached to an aromatic ring is 1.